The van der Waals surface area contributed by atoms with Gasteiger partial charge in [-0.25, -0.2) is 14.8 Å². The first-order chi connectivity index (χ1) is 23.8. The monoisotopic (exact) mass is 677 g/mol. The predicted octanol–water partition coefficient (Wildman–Crippen LogP) is 5.76. The zero-order chi connectivity index (χ0) is 33.4. The molecule has 2 aliphatic heterocycles. The highest BCUT2D eigenvalue weighted by Gasteiger charge is 2.49. The minimum absolute atomic E-state index is 0.0285. The Morgan fingerprint density at radius 2 is 1.65 bits per heavy atom. The number of amides is 3. The van der Waals surface area contributed by atoms with Gasteiger partial charge in [0.2, 0.25) is 0 Å². The predicted molar refractivity (Wildman–Crippen MR) is 185 cm³/mol. The topological polar surface area (TPSA) is 126 Å². The van der Waals surface area contributed by atoms with Crippen molar-refractivity contribution in [2.24, 2.45) is 17.8 Å². The number of carboxylic acid groups (broad SMARTS) is 1. The van der Waals surface area contributed by atoms with E-state index >= 15 is 0 Å². The lowest BCUT2D eigenvalue weighted by atomic mass is 9.98. The molecule has 3 amide bonds. The van der Waals surface area contributed by atoms with E-state index in [1.807, 2.05) is 53.6 Å². The molecule has 5 heterocycles. The van der Waals surface area contributed by atoms with E-state index in [-0.39, 0.29) is 35.7 Å². The van der Waals surface area contributed by atoms with Gasteiger partial charge in [0.05, 0.1) is 33.8 Å². The maximum absolute atomic E-state index is 14.0. The van der Waals surface area contributed by atoms with Gasteiger partial charge in [0.15, 0.2) is 5.82 Å². The van der Waals surface area contributed by atoms with Crippen molar-refractivity contribution in [2.45, 2.75) is 50.9 Å². The van der Waals surface area contributed by atoms with Gasteiger partial charge in [-0.3, -0.25) is 9.59 Å². The SMILES string of the molecule is O=C(O)N[C@@H]1[C@@H]2CC[C@H]1N(C(=O)c1cc(Cl)c3c(c1)nc(-c1cc4cccnc4n1CC1CC1)n3CC1CN(C(=O)c3ccccc3)C1)C2. The summed E-state index contributed by atoms with van der Waals surface area (Å²) in [6.07, 6.45) is 4.80. The Morgan fingerprint density at radius 1 is 0.857 bits per heavy atom. The third-order valence-electron chi connectivity index (χ3n) is 10.9. The van der Waals surface area contributed by atoms with Gasteiger partial charge in [0, 0.05) is 61.4 Å². The van der Waals surface area contributed by atoms with Crippen LogP contribution in [-0.2, 0) is 13.1 Å². The second-order valence-electron chi connectivity index (χ2n) is 14.2. The number of nitrogens with zero attached hydrogens (tertiary/aromatic N) is 6. The van der Waals surface area contributed by atoms with Gasteiger partial charge in [-0.05, 0) is 80.0 Å². The molecule has 5 aromatic rings. The number of imidazole rings is 1. The minimum Gasteiger partial charge on any atom is -0.465 e. The molecule has 3 atom stereocenters. The van der Waals surface area contributed by atoms with Crippen LogP contribution in [-0.4, -0.2) is 83.6 Å². The third kappa shape index (κ3) is 5.22. The van der Waals surface area contributed by atoms with E-state index in [1.54, 1.807) is 11.0 Å². The molecule has 0 spiro atoms. The number of likely N-dealkylation sites (tertiary alicyclic amines) is 2. The number of pyridine rings is 1. The lowest BCUT2D eigenvalue weighted by molar-refractivity contribution is 0.0471. The summed E-state index contributed by atoms with van der Waals surface area (Å²) in [5.41, 5.74) is 4.38. The molecule has 0 radical (unpaired) electrons. The third-order valence-corrected chi connectivity index (χ3v) is 11.2. The van der Waals surface area contributed by atoms with Gasteiger partial charge in [-0.2, -0.15) is 0 Å². The van der Waals surface area contributed by atoms with Gasteiger partial charge >= 0.3 is 6.09 Å². The molecular weight excluding hydrogens is 642 g/mol. The number of fused-ring (bicyclic) bond motifs is 4. The molecule has 2 N–H and O–H groups in total. The standard InChI is InChI=1S/C37H36ClN7O4/c38-27-13-26(36(47)44-20-25-10-11-29(44)31(25)41-37(48)49)14-28-32(27)45(19-22-16-42(17-22)35(46)23-5-2-1-3-6-23)34(40-28)30-15-24-7-4-12-39-33(24)43(30)18-21-8-9-21/h1-7,12-15,21-22,25,29,31,41H,8-11,16-20H2,(H,48,49)/t25-,29-,31-/m1/s1. The molecule has 4 aliphatic rings. The minimum atomic E-state index is -1.06. The van der Waals surface area contributed by atoms with E-state index in [0.29, 0.717) is 53.8 Å². The van der Waals surface area contributed by atoms with E-state index in [1.165, 1.54) is 12.8 Å². The van der Waals surface area contributed by atoms with Gasteiger partial charge in [0.25, 0.3) is 11.8 Å². The van der Waals surface area contributed by atoms with Crippen molar-refractivity contribution >= 4 is 51.6 Å². The number of hydrogen-bond acceptors (Lipinski definition) is 5. The summed E-state index contributed by atoms with van der Waals surface area (Å²) >= 11 is 7.11. The molecule has 2 saturated heterocycles. The van der Waals surface area contributed by atoms with Gasteiger partial charge in [-0.1, -0.05) is 29.8 Å². The van der Waals surface area contributed by atoms with Gasteiger partial charge < -0.3 is 29.4 Å². The smallest absolute Gasteiger partial charge is 0.404 e. The Morgan fingerprint density at radius 3 is 2.43 bits per heavy atom. The number of rotatable bonds is 8. The molecule has 11 nitrogen and oxygen atoms in total. The summed E-state index contributed by atoms with van der Waals surface area (Å²) in [6, 6.07) is 18.6. The molecule has 9 rings (SSSR count). The van der Waals surface area contributed by atoms with Crippen LogP contribution in [0.2, 0.25) is 5.02 Å². The van der Waals surface area contributed by atoms with Crippen LogP contribution in [0.3, 0.4) is 0 Å². The number of halogens is 1. The molecular formula is C37H36ClN7O4. The maximum atomic E-state index is 14.0. The van der Waals surface area contributed by atoms with Crippen molar-refractivity contribution in [1.82, 2.24) is 34.2 Å². The number of carbonyl (C=O) groups excluding carboxylic acids is 2. The molecule has 2 bridgehead atoms. The largest absolute Gasteiger partial charge is 0.465 e. The second kappa shape index (κ2) is 11.6. The Labute approximate surface area is 287 Å². The molecule has 12 heteroatoms. The summed E-state index contributed by atoms with van der Waals surface area (Å²) in [6.45, 7) is 3.21. The van der Waals surface area contributed by atoms with E-state index in [2.05, 4.69) is 26.6 Å². The molecule has 2 saturated carbocycles. The summed E-state index contributed by atoms with van der Waals surface area (Å²) in [4.78, 5) is 52.2. The van der Waals surface area contributed by atoms with E-state index in [9.17, 15) is 19.5 Å². The highest BCUT2D eigenvalue weighted by atomic mass is 35.5. The zero-order valence-electron chi connectivity index (χ0n) is 26.8. The van der Waals surface area contributed by atoms with Crippen molar-refractivity contribution in [2.75, 3.05) is 19.6 Å². The second-order valence-corrected chi connectivity index (χ2v) is 14.6. The lowest BCUT2D eigenvalue weighted by Crippen LogP contribution is -2.51. The summed E-state index contributed by atoms with van der Waals surface area (Å²) in [7, 11) is 0. The fourth-order valence-electron chi connectivity index (χ4n) is 8.36. The van der Waals surface area contributed by atoms with E-state index in [0.717, 1.165) is 47.5 Å². The van der Waals surface area contributed by atoms with Crippen LogP contribution < -0.4 is 5.32 Å². The fraction of sp³-hybridized carbons (Fsp3) is 0.378. The first kappa shape index (κ1) is 30.2. The lowest BCUT2D eigenvalue weighted by Gasteiger charge is -2.39. The van der Waals surface area contributed by atoms with Crippen molar-refractivity contribution in [3.05, 3.63) is 83.0 Å². The van der Waals surface area contributed by atoms with Crippen LogP contribution in [0.5, 0.6) is 0 Å². The number of benzene rings is 2. The van der Waals surface area contributed by atoms with Crippen LogP contribution in [0.25, 0.3) is 33.6 Å². The Bertz CT molecular complexity index is 2130. The van der Waals surface area contributed by atoms with Crippen molar-refractivity contribution in [1.29, 1.82) is 0 Å². The van der Waals surface area contributed by atoms with Crippen molar-refractivity contribution < 1.29 is 19.5 Å². The Balaban J connectivity index is 1.09. The molecule has 2 aliphatic carbocycles. The Hall–Kier alpha value is -4.90. The average molecular weight is 678 g/mol. The summed E-state index contributed by atoms with van der Waals surface area (Å²) < 4.78 is 4.44. The van der Waals surface area contributed by atoms with Crippen LogP contribution in [0.15, 0.2) is 66.9 Å². The molecule has 4 fully saturated rings. The number of aromatic nitrogens is 4. The number of piperidine rings is 1. The molecule has 0 unspecified atom stereocenters. The van der Waals surface area contributed by atoms with Crippen LogP contribution >= 0.6 is 11.6 Å². The van der Waals surface area contributed by atoms with Crippen LogP contribution in [0.4, 0.5) is 4.79 Å². The highest BCUT2D eigenvalue weighted by Crippen LogP contribution is 2.41. The fourth-order valence-corrected chi connectivity index (χ4v) is 8.68. The van der Waals surface area contributed by atoms with Crippen LogP contribution in [0.1, 0.15) is 46.4 Å². The highest BCUT2D eigenvalue weighted by molar-refractivity contribution is 6.35. The molecule has 250 valence electrons. The normalized spacial score (nSPS) is 21.9. The number of carbonyl (C=O) groups is 3. The Kier molecular flexibility index (Phi) is 7.15. The number of hydrogen-bond donors (Lipinski definition) is 2. The quantitative estimate of drug-likeness (QED) is 0.215. The van der Waals surface area contributed by atoms with Crippen LogP contribution in [0, 0.1) is 17.8 Å². The maximum Gasteiger partial charge on any atom is 0.404 e. The average Bonchev–Trinajstić information content (AvgIpc) is 3.39. The van der Waals surface area contributed by atoms with Crippen molar-refractivity contribution in [3.8, 4) is 11.5 Å². The zero-order valence-corrected chi connectivity index (χ0v) is 27.6. The number of nitrogens with one attached hydrogen (secondary N) is 1. The molecule has 3 aromatic heterocycles. The van der Waals surface area contributed by atoms with E-state index < -0.39 is 6.09 Å². The first-order valence-electron chi connectivity index (χ1n) is 17.1. The van der Waals surface area contributed by atoms with E-state index in [4.69, 9.17) is 21.6 Å². The van der Waals surface area contributed by atoms with Gasteiger partial charge in [0.1, 0.15) is 5.65 Å². The molecule has 49 heavy (non-hydrogen) atoms. The summed E-state index contributed by atoms with van der Waals surface area (Å²) in [5, 5.41) is 13.5. The summed E-state index contributed by atoms with van der Waals surface area (Å²) in [5.74, 6) is 1.53. The van der Waals surface area contributed by atoms with Crippen molar-refractivity contribution in [3.63, 3.8) is 0 Å². The molecule has 2 aromatic carbocycles. The van der Waals surface area contributed by atoms with Gasteiger partial charge in [-0.15, -0.1) is 0 Å². The first-order valence-corrected chi connectivity index (χ1v) is 17.5.